The van der Waals surface area contributed by atoms with Gasteiger partial charge >= 0.3 is 0 Å². The SMILES string of the molecule is CCN(CC)Cc1cnn(-c2ccc(C)cc2)c1N. The predicted molar refractivity (Wildman–Crippen MR) is 79.3 cm³/mol. The van der Waals surface area contributed by atoms with E-state index in [2.05, 4.69) is 42.9 Å². The Bertz CT molecular complexity index is 524. The number of nitrogens with zero attached hydrogens (tertiary/aromatic N) is 3. The lowest BCUT2D eigenvalue weighted by Crippen LogP contribution is -2.22. The van der Waals surface area contributed by atoms with Gasteiger partial charge in [0.05, 0.1) is 11.9 Å². The van der Waals surface area contributed by atoms with Crippen molar-refractivity contribution in [1.82, 2.24) is 14.7 Å². The van der Waals surface area contributed by atoms with E-state index in [1.54, 1.807) is 4.68 Å². The van der Waals surface area contributed by atoms with Gasteiger partial charge in [0.1, 0.15) is 5.82 Å². The molecule has 0 bridgehead atoms. The Morgan fingerprint density at radius 1 is 1.16 bits per heavy atom. The molecule has 19 heavy (non-hydrogen) atoms. The van der Waals surface area contributed by atoms with E-state index in [0.717, 1.165) is 36.7 Å². The maximum atomic E-state index is 6.20. The highest BCUT2D eigenvalue weighted by Crippen LogP contribution is 2.18. The Balaban J connectivity index is 2.25. The van der Waals surface area contributed by atoms with Gasteiger partial charge in [-0.05, 0) is 32.1 Å². The van der Waals surface area contributed by atoms with E-state index in [1.165, 1.54) is 5.56 Å². The number of nitrogens with two attached hydrogens (primary N) is 1. The van der Waals surface area contributed by atoms with Crippen LogP contribution in [0.3, 0.4) is 0 Å². The molecular weight excluding hydrogens is 236 g/mol. The van der Waals surface area contributed by atoms with E-state index in [1.807, 2.05) is 18.3 Å². The fourth-order valence-electron chi connectivity index (χ4n) is 2.09. The first kappa shape index (κ1) is 13.6. The third-order valence-corrected chi connectivity index (χ3v) is 3.45. The topological polar surface area (TPSA) is 47.1 Å². The molecule has 2 rings (SSSR count). The zero-order valence-electron chi connectivity index (χ0n) is 11.9. The van der Waals surface area contributed by atoms with Crippen LogP contribution in [-0.4, -0.2) is 27.8 Å². The smallest absolute Gasteiger partial charge is 0.131 e. The van der Waals surface area contributed by atoms with Crippen molar-refractivity contribution in [1.29, 1.82) is 0 Å². The molecule has 0 fully saturated rings. The van der Waals surface area contributed by atoms with Crippen molar-refractivity contribution in [3.8, 4) is 5.69 Å². The molecule has 0 radical (unpaired) electrons. The van der Waals surface area contributed by atoms with Gasteiger partial charge in [-0.25, -0.2) is 4.68 Å². The van der Waals surface area contributed by atoms with Crippen LogP contribution in [0.15, 0.2) is 30.5 Å². The summed E-state index contributed by atoms with van der Waals surface area (Å²) in [6.07, 6.45) is 1.87. The molecular formula is C15H22N4. The molecule has 0 atom stereocenters. The molecule has 1 aromatic heterocycles. The predicted octanol–water partition coefficient (Wildman–Crippen LogP) is 2.60. The van der Waals surface area contributed by atoms with Crippen molar-refractivity contribution in [2.24, 2.45) is 0 Å². The molecule has 0 saturated carbocycles. The van der Waals surface area contributed by atoms with Gasteiger partial charge in [-0.1, -0.05) is 31.5 Å². The number of hydrogen-bond donors (Lipinski definition) is 1. The summed E-state index contributed by atoms with van der Waals surface area (Å²) in [6.45, 7) is 9.28. The van der Waals surface area contributed by atoms with Gasteiger partial charge in [-0.3, -0.25) is 4.90 Å². The van der Waals surface area contributed by atoms with Crippen LogP contribution < -0.4 is 5.73 Å². The maximum Gasteiger partial charge on any atom is 0.131 e. The highest BCUT2D eigenvalue weighted by atomic mass is 15.3. The number of nitrogen functional groups attached to an aromatic ring is 1. The fraction of sp³-hybridized carbons (Fsp3) is 0.400. The molecule has 4 heteroatoms. The van der Waals surface area contributed by atoms with Crippen molar-refractivity contribution in [2.45, 2.75) is 27.3 Å². The first-order chi connectivity index (χ1) is 9.15. The maximum absolute atomic E-state index is 6.20. The van der Waals surface area contributed by atoms with Crippen molar-refractivity contribution in [2.75, 3.05) is 18.8 Å². The Kier molecular flexibility index (Phi) is 4.22. The summed E-state index contributed by atoms with van der Waals surface area (Å²) in [7, 11) is 0. The molecule has 102 valence electrons. The average molecular weight is 258 g/mol. The van der Waals surface area contributed by atoms with Crippen LogP contribution in [0.2, 0.25) is 0 Å². The van der Waals surface area contributed by atoms with Gasteiger partial charge in [0.2, 0.25) is 0 Å². The summed E-state index contributed by atoms with van der Waals surface area (Å²) in [5.74, 6) is 0.732. The second kappa shape index (κ2) is 5.89. The molecule has 0 saturated heterocycles. The molecule has 0 aliphatic rings. The normalized spacial score (nSPS) is 11.2. The van der Waals surface area contributed by atoms with Gasteiger partial charge in [-0.2, -0.15) is 5.10 Å². The summed E-state index contributed by atoms with van der Waals surface area (Å²) in [5, 5.41) is 4.40. The molecule has 2 aromatic rings. The number of hydrogen-bond acceptors (Lipinski definition) is 3. The monoisotopic (exact) mass is 258 g/mol. The van der Waals surface area contributed by atoms with Gasteiger partial charge in [0, 0.05) is 12.1 Å². The first-order valence-electron chi connectivity index (χ1n) is 6.77. The van der Waals surface area contributed by atoms with E-state index < -0.39 is 0 Å². The van der Waals surface area contributed by atoms with E-state index in [-0.39, 0.29) is 0 Å². The fourth-order valence-corrected chi connectivity index (χ4v) is 2.09. The molecule has 0 aliphatic heterocycles. The minimum Gasteiger partial charge on any atom is -0.383 e. The number of anilines is 1. The van der Waals surface area contributed by atoms with Crippen LogP contribution in [0.1, 0.15) is 25.0 Å². The Morgan fingerprint density at radius 3 is 2.37 bits per heavy atom. The Hall–Kier alpha value is -1.81. The quantitative estimate of drug-likeness (QED) is 0.896. The summed E-state index contributed by atoms with van der Waals surface area (Å²) in [6, 6.07) is 8.22. The van der Waals surface area contributed by atoms with E-state index in [4.69, 9.17) is 5.73 Å². The number of aromatic nitrogens is 2. The van der Waals surface area contributed by atoms with Crippen LogP contribution in [0.5, 0.6) is 0 Å². The van der Waals surface area contributed by atoms with Crippen molar-refractivity contribution < 1.29 is 0 Å². The third kappa shape index (κ3) is 2.96. The lowest BCUT2D eigenvalue weighted by Gasteiger charge is -2.17. The van der Waals surface area contributed by atoms with Crippen molar-refractivity contribution in [3.63, 3.8) is 0 Å². The first-order valence-corrected chi connectivity index (χ1v) is 6.77. The zero-order valence-corrected chi connectivity index (χ0v) is 11.9. The van der Waals surface area contributed by atoms with Gasteiger partial charge in [0.15, 0.2) is 0 Å². The number of aryl methyl sites for hydroxylation is 1. The molecule has 0 amide bonds. The van der Waals surface area contributed by atoms with Crippen LogP contribution in [-0.2, 0) is 6.54 Å². The van der Waals surface area contributed by atoms with Crippen LogP contribution in [0, 0.1) is 6.92 Å². The highest BCUT2D eigenvalue weighted by molar-refractivity contribution is 5.47. The number of rotatable bonds is 5. The third-order valence-electron chi connectivity index (χ3n) is 3.45. The number of benzene rings is 1. The average Bonchev–Trinajstić information content (AvgIpc) is 2.78. The zero-order chi connectivity index (χ0) is 13.8. The Labute approximate surface area is 114 Å². The van der Waals surface area contributed by atoms with E-state index >= 15 is 0 Å². The molecule has 1 heterocycles. The molecule has 2 N–H and O–H groups in total. The second-order valence-corrected chi connectivity index (χ2v) is 4.76. The summed E-state index contributed by atoms with van der Waals surface area (Å²) in [5.41, 5.74) is 9.53. The standard InChI is InChI=1S/C15H22N4/c1-4-18(5-2)11-13-10-17-19(15(13)16)14-8-6-12(3)7-9-14/h6-10H,4-5,11,16H2,1-3H3. The van der Waals surface area contributed by atoms with Crippen molar-refractivity contribution in [3.05, 3.63) is 41.6 Å². The molecule has 0 unspecified atom stereocenters. The largest absolute Gasteiger partial charge is 0.383 e. The van der Waals surface area contributed by atoms with Gasteiger partial charge in [-0.15, -0.1) is 0 Å². The Morgan fingerprint density at radius 2 is 1.79 bits per heavy atom. The summed E-state index contributed by atoms with van der Waals surface area (Å²) < 4.78 is 1.80. The van der Waals surface area contributed by atoms with Crippen LogP contribution >= 0.6 is 0 Å². The minimum absolute atomic E-state index is 0.732. The molecule has 0 aliphatic carbocycles. The summed E-state index contributed by atoms with van der Waals surface area (Å²) >= 11 is 0. The summed E-state index contributed by atoms with van der Waals surface area (Å²) in [4.78, 5) is 2.33. The van der Waals surface area contributed by atoms with E-state index in [0.29, 0.717) is 0 Å². The lowest BCUT2D eigenvalue weighted by atomic mass is 10.2. The molecule has 1 aromatic carbocycles. The lowest BCUT2D eigenvalue weighted by molar-refractivity contribution is 0.296. The van der Waals surface area contributed by atoms with Gasteiger partial charge < -0.3 is 5.73 Å². The molecule has 0 spiro atoms. The highest BCUT2D eigenvalue weighted by Gasteiger charge is 2.11. The van der Waals surface area contributed by atoms with Crippen LogP contribution in [0.25, 0.3) is 5.69 Å². The second-order valence-electron chi connectivity index (χ2n) is 4.76. The van der Waals surface area contributed by atoms with Crippen molar-refractivity contribution >= 4 is 5.82 Å². The molecule has 4 nitrogen and oxygen atoms in total. The minimum atomic E-state index is 0.732. The van der Waals surface area contributed by atoms with Crippen LogP contribution in [0.4, 0.5) is 5.82 Å². The van der Waals surface area contributed by atoms with E-state index in [9.17, 15) is 0 Å². The van der Waals surface area contributed by atoms with Gasteiger partial charge in [0.25, 0.3) is 0 Å².